The first-order chi connectivity index (χ1) is 7.79. The van der Waals surface area contributed by atoms with Gasteiger partial charge in [0.1, 0.15) is 12.4 Å². The Bertz CT molecular complexity index is 315. The van der Waals surface area contributed by atoms with E-state index in [1.807, 2.05) is 19.1 Å². The lowest BCUT2D eigenvalue weighted by atomic mass is 10.2. The molecule has 3 nitrogen and oxygen atoms in total. The first-order valence-electron chi connectivity index (χ1n) is 5.77. The van der Waals surface area contributed by atoms with E-state index in [0.29, 0.717) is 0 Å². The van der Waals surface area contributed by atoms with E-state index in [1.54, 1.807) is 6.61 Å². The van der Waals surface area contributed by atoms with Crippen LogP contribution < -0.4 is 9.64 Å². The molecule has 0 amide bonds. The molecule has 0 atom stereocenters. The lowest BCUT2D eigenvalue weighted by Crippen LogP contribution is -2.44. The van der Waals surface area contributed by atoms with Gasteiger partial charge in [0, 0.05) is 31.9 Å². The minimum atomic E-state index is 0.903. The summed E-state index contributed by atoms with van der Waals surface area (Å²) in [5.41, 5.74) is 1.29. The quantitative estimate of drug-likeness (QED) is 0.773. The largest absolute Gasteiger partial charge is 0.487 e. The number of rotatable bonds is 3. The van der Waals surface area contributed by atoms with Gasteiger partial charge in [-0.1, -0.05) is 0 Å². The molecule has 0 unspecified atom stereocenters. The van der Waals surface area contributed by atoms with Gasteiger partial charge in [-0.25, -0.2) is 0 Å². The van der Waals surface area contributed by atoms with Crippen molar-refractivity contribution in [3.8, 4) is 5.75 Å². The van der Waals surface area contributed by atoms with E-state index >= 15 is 0 Å². The summed E-state index contributed by atoms with van der Waals surface area (Å²) in [7, 11) is 2.17. The smallest absolute Gasteiger partial charge is 0.132 e. The van der Waals surface area contributed by atoms with E-state index in [1.165, 1.54) is 5.69 Å². The number of nitrogens with zero attached hydrogens (tertiary/aromatic N) is 2. The van der Waals surface area contributed by atoms with Crippen LogP contribution >= 0.6 is 0 Å². The summed E-state index contributed by atoms with van der Waals surface area (Å²) in [5, 5.41) is 0. The molecule has 1 fully saturated rings. The average Bonchev–Trinajstić information content (AvgIpc) is 2.32. The van der Waals surface area contributed by atoms with Crippen LogP contribution in [0.1, 0.15) is 6.92 Å². The Morgan fingerprint density at radius 2 is 1.69 bits per heavy atom. The molecule has 1 aromatic carbocycles. The lowest BCUT2D eigenvalue weighted by molar-refractivity contribution is 0.313. The predicted octanol–water partition coefficient (Wildman–Crippen LogP) is 2.00. The third-order valence-electron chi connectivity index (χ3n) is 2.96. The number of ether oxygens (including phenoxy) is 1. The Hall–Kier alpha value is -1.22. The van der Waals surface area contributed by atoms with Crippen LogP contribution in [-0.4, -0.2) is 38.1 Å². The zero-order valence-corrected chi connectivity index (χ0v) is 10.0. The summed E-state index contributed by atoms with van der Waals surface area (Å²) in [6, 6.07) is 8.30. The molecule has 3 heteroatoms. The number of anilines is 1. The van der Waals surface area contributed by atoms with Crippen molar-refractivity contribution in [2.24, 2.45) is 0 Å². The van der Waals surface area contributed by atoms with Crippen LogP contribution in [0.5, 0.6) is 5.75 Å². The van der Waals surface area contributed by atoms with Crippen molar-refractivity contribution in [3.63, 3.8) is 0 Å². The van der Waals surface area contributed by atoms with Gasteiger partial charge in [-0.15, -0.1) is 0 Å². The standard InChI is InChI=1S/C13H19N2O/c1-3-16-13-6-4-12(5-7-13)15-10-8-14(2)9-11-15/h3-7H,8-11H2,1-2H3. The number of benzene rings is 1. The van der Waals surface area contributed by atoms with Crippen LogP contribution in [0.2, 0.25) is 0 Å². The van der Waals surface area contributed by atoms with Crippen molar-refractivity contribution < 1.29 is 4.74 Å². The molecule has 1 aliphatic heterocycles. The second-order valence-electron chi connectivity index (χ2n) is 4.14. The zero-order valence-electron chi connectivity index (χ0n) is 10.0. The van der Waals surface area contributed by atoms with Gasteiger partial charge in [0.25, 0.3) is 0 Å². The highest BCUT2D eigenvalue weighted by Crippen LogP contribution is 2.20. The van der Waals surface area contributed by atoms with Crippen LogP contribution in [0.15, 0.2) is 24.3 Å². The molecule has 0 spiro atoms. The van der Waals surface area contributed by atoms with Crippen molar-refractivity contribution >= 4 is 5.69 Å². The molecule has 1 heterocycles. The molecule has 2 rings (SSSR count). The molecule has 0 N–H and O–H groups in total. The minimum absolute atomic E-state index is 0.903. The number of likely N-dealkylation sites (N-methyl/N-ethyl adjacent to an activating group) is 1. The van der Waals surface area contributed by atoms with Gasteiger partial charge in [-0.2, -0.15) is 0 Å². The van der Waals surface area contributed by atoms with E-state index in [2.05, 4.69) is 29.0 Å². The summed E-state index contributed by atoms with van der Waals surface area (Å²) in [6.45, 7) is 8.08. The third-order valence-corrected chi connectivity index (χ3v) is 2.96. The van der Waals surface area contributed by atoms with E-state index < -0.39 is 0 Å². The Kier molecular flexibility index (Phi) is 3.67. The lowest BCUT2D eigenvalue weighted by Gasteiger charge is -2.34. The maximum atomic E-state index is 5.31. The maximum absolute atomic E-state index is 5.31. The summed E-state index contributed by atoms with van der Waals surface area (Å²) in [5.74, 6) is 0.903. The van der Waals surface area contributed by atoms with E-state index in [9.17, 15) is 0 Å². The Morgan fingerprint density at radius 1 is 1.06 bits per heavy atom. The highest BCUT2D eigenvalue weighted by molar-refractivity contribution is 5.49. The fraction of sp³-hybridized carbons (Fsp3) is 0.462. The highest BCUT2D eigenvalue weighted by Gasteiger charge is 2.13. The number of piperazine rings is 1. The van der Waals surface area contributed by atoms with Crippen molar-refractivity contribution in [1.82, 2.24) is 4.90 Å². The van der Waals surface area contributed by atoms with Gasteiger partial charge in [-0.05, 0) is 38.2 Å². The summed E-state index contributed by atoms with van der Waals surface area (Å²) < 4.78 is 5.31. The van der Waals surface area contributed by atoms with Crippen LogP contribution in [0, 0.1) is 6.61 Å². The van der Waals surface area contributed by atoms with Crippen LogP contribution in [0.3, 0.4) is 0 Å². The molecule has 0 aliphatic carbocycles. The van der Waals surface area contributed by atoms with E-state index in [4.69, 9.17) is 4.74 Å². The Morgan fingerprint density at radius 3 is 2.25 bits per heavy atom. The second-order valence-corrected chi connectivity index (χ2v) is 4.14. The fourth-order valence-corrected chi connectivity index (χ4v) is 1.94. The average molecular weight is 219 g/mol. The minimum Gasteiger partial charge on any atom is -0.487 e. The SMILES string of the molecule is C[CH]Oc1ccc(N2CCN(C)CC2)cc1. The molecular weight excluding hydrogens is 200 g/mol. The predicted molar refractivity (Wildman–Crippen MR) is 66.8 cm³/mol. The van der Waals surface area contributed by atoms with Gasteiger partial charge >= 0.3 is 0 Å². The van der Waals surface area contributed by atoms with Crippen LogP contribution in [-0.2, 0) is 0 Å². The van der Waals surface area contributed by atoms with Gasteiger partial charge in [0.15, 0.2) is 0 Å². The molecule has 16 heavy (non-hydrogen) atoms. The summed E-state index contributed by atoms with van der Waals surface area (Å²) in [4.78, 5) is 4.78. The normalized spacial score (nSPS) is 17.5. The van der Waals surface area contributed by atoms with Gasteiger partial charge < -0.3 is 14.5 Å². The van der Waals surface area contributed by atoms with Gasteiger partial charge in [0.05, 0.1) is 0 Å². The third kappa shape index (κ3) is 2.67. The number of hydrogen-bond donors (Lipinski definition) is 0. The second kappa shape index (κ2) is 5.21. The highest BCUT2D eigenvalue weighted by atomic mass is 16.5. The first-order valence-corrected chi connectivity index (χ1v) is 5.77. The molecule has 0 saturated carbocycles. The fourth-order valence-electron chi connectivity index (χ4n) is 1.94. The molecule has 87 valence electrons. The molecule has 1 aliphatic rings. The zero-order chi connectivity index (χ0) is 11.4. The maximum Gasteiger partial charge on any atom is 0.132 e. The monoisotopic (exact) mass is 219 g/mol. The first kappa shape index (κ1) is 11.3. The van der Waals surface area contributed by atoms with E-state index in [-0.39, 0.29) is 0 Å². The molecule has 0 aromatic heterocycles. The van der Waals surface area contributed by atoms with E-state index in [0.717, 1.165) is 31.9 Å². The molecule has 1 radical (unpaired) electrons. The molecular formula is C13H19N2O. The molecule has 1 saturated heterocycles. The van der Waals surface area contributed by atoms with Gasteiger partial charge in [0.2, 0.25) is 0 Å². The summed E-state index contributed by atoms with van der Waals surface area (Å²) >= 11 is 0. The summed E-state index contributed by atoms with van der Waals surface area (Å²) in [6.07, 6.45) is 0. The topological polar surface area (TPSA) is 15.7 Å². The molecule has 0 bridgehead atoms. The van der Waals surface area contributed by atoms with Crippen LogP contribution in [0.4, 0.5) is 5.69 Å². The van der Waals surface area contributed by atoms with Crippen molar-refractivity contribution in [3.05, 3.63) is 30.9 Å². The van der Waals surface area contributed by atoms with Crippen molar-refractivity contribution in [2.45, 2.75) is 6.92 Å². The Balaban J connectivity index is 1.98. The van der Waals surface area contributed by atoms with Gasteiger partial charge in [-0.3, -0.25) is 0 Å². The number of hydrogen-bond acceptors (Lipinski definition) is 3. The Labute approximate surface area is 97.6 Å². The van der Waals surface area contributed by atoms with Crippen molar-refractivity contribution in [1.29, 1.82) is 0 Å². The van der Waals surface area contributed by atoms with Crippen molar-refractivity contribution in [2.75, 3.05) is 38.1 Å². The van der Waals surface area contributed by atoms with Crippen LogP contribution in [0.25, 0.3) is 0 Å². The molecule has 1 aromatic rings.